The third-order valence-electron chi connectivity index (χ3n) is 3.31. The topological polar surface area (TPSA) is 41.1 Å². The van der Waals surface area contributed by atoms with Gasteiger partial charge in [0.1, 0.15) is 0 Å². The zero-order valence-electron chi connectivity index (χ0n) is 12.3. The van der Waals surface area contributed by atoms with Gasteiger partial charge in [0.15, 0.2) is 0 Å². The molecule has 0 aliphatic heterocycles. The van der Waals surface area contributed by atoms with E-state index in [9.17, 15) is 4.79 Å². The minimum absolute atomic E-state index is 0.0959. The Kier molecular flexibility index (Phi) is 6.25. The fraction of sp³-hybridized carbons (Fsp3) is 0.235. The highest BCUT2D eigenvalue weighted by molar-refractivity contribution is 6.35. The number of halogens is 2. The van der Waals surface area contributed by atoms with Crippen molar-refractivity contribution >= 4 is 34.8 Å². The van der Waals surface area contributed by atoms with Crippen LogP contribution in [-0.2, 0) is 11.3 Å². The van der Waals surface area contributed by atoms with Crippen LogP contribution in [-0.4, -0.2) is 12.5 Å². The second-order valence-corrected chi connectivity index (χ2v) is 5.87. The molecule has 2 aromatic carbocycles. The second-order valence-electron chi connectivity index (χ2n) is 5.03. The van der Waals surface area contributed by atoms with Gasteiger partial charge in [-0.25, -0.2) is 0 Å². The fourth-order valence-corrected chi connectivity index (χ4v) is 2.38. The average Bonchev–Trinajstić information content (AvgIpc) is 2.49. The molecule has 0 heterocycles. The number of anilines is 1. The number of carbonyl (C=O) groups excluding carboxylic acids is 1. The molecule has 0 atom stereocenters. The maximum absolute atomic E-state index is 11.9. The molecular formula is C17H18Cl2N2O. The van der Waals surface area contributed by atoms with Crippen LogP contribution in [0, 0.1) is 6.92 Å². The molecule has 0 fully saturated rings. The van der Waals surface area contributed by atoms with Gasteiger partial charge < -0.3 is 10.6 Å². The molecule has 2 aromatic rings. The quantitative estimate of drug-likeness (QED) is 0.766. The molecule has 0 spiro atoms. The molecule has 0 radical (unpaired) electrons. The summed E-state index contributed by atoms with van der Waals surface area (Å²) in [5.41, 5.74) is 3.02. The molecule has 3 nitrogen and oxygen atoms in total. The molecule has 116 valence electrons. The van der Waals surface area contributed by atoms with Crippen molar-refractivity contribution in [2.45, 2.75) is 19.9 Å². The van der Waals surface area contributed by atoms with E-state index in [4.69, 9.17) is 23.2 Å². The van der Waals surface area contributed by atoms with Crippen LogP contribution in [0.2, 0.25) is 10.0 Å². The Labute approximate surface area is 140 Å². The summed E-state index contributed by atoms with van der Waals surface area (Å²) in [4.78, 5) is 11.9. The van der Waals surface area contributed by atoms with Gasteiger partial charge in [-0.15, -0.1) is 0 Å². The fourth-order valence-electron chi connectivity index (χ4n) is 2.04. The van der Waals surface area contributed by atoms with Crippen molar-refractivity contribution in [3.8, 4) is 0 Å². The Morgan fingerprint density at radius 2 is 1.91 bits per heavy atom. The maximum Gasteiger partial charge on any atom is 0.225 e. The van der Waals surface area contributed by atoms with E-state index in [0.717, 1.165) is 6.54 Å². The summed E-state index contributed by atoms with van der Waals surface area (Å²) in [6.45, 7) is 3.42. The minimum atomic E-state index is -0.0959. The van der Waals surface area contributed by atoms with Crippen molar-refractivity contribution in [2.75, 3.05) is 11.9 Å². The lowest BCUT2D eigenvalue weighted by Crippen LogP contribution is -2.21. The van der Waals surface area contributed by atoms with Crippen LogP contribution in [0.5, 0.6) is 0 Å². The third kappa shape index (κ3) is 5.02. The van der Waals surface area contributed by atoms with Crippen LogP contribution in [0.25, 0.3) is 0 Å². The molecule has 5 heteroatoms. The third-order valence-corrected chi connectivity index (χ3v) is 3.87. The maximum atomic E-state index is 11.9. The first kappa shape index (κ1) is 16.8. The Bertz CT molecular complexity index is 659. The summed E-state index contributed by atoms with van der Waals surface area (Å²) < 4.78 is 0. The van der Waals surface area contributed by atoms with Gasteiger partial charge in [-0.05, 0) is 36.2 Å². The first-order valence-corrected chi connectivity index (χ1v) is 7.82. The van der Waals surface area contributed by atoms with E-state index >= 15 is 0 Å². The van der Waals surface area contributed by atoms with Crippen molar-refractivity contribution in [2.24, 2.45) is 0 Å². The first-order chi connectivity index (χ1) is 10.6. The van der Waals surface area contributed by atoms with Gasteiger partial charge in [0.2, 0.25) is 5.91 Å². The zero-order chi connectivity index (χ0) is 15.9. The molecule has 0 saturated carbocycles. The van der Waals surface area contributed by atoms with Crippen molar-refractivity contribution in [1.29, 1.82) is 0 Å². The molecule has 22 heavy (non-hydrogen) atoms. The van der Waals surface area contributed by atoms with E-state index in [0.29, 0.717) is 28.7 Å². The summed E-state index contributed by atoms with van der Waals surface area (Å²) in [6, 6.07) is 13.2. The smallest absolute Gasteiger partial charge is 0.225 e. The number of nitrogens with one attached hydrogen (secondary N) is 2. The number of aryl methyl sites for hydroxylation is 1. The number of carbonyl (C=O) groups is 1. The van der Waals surface area contributed by atoms with Gasteiger partial charge in [-0.2, -0.15) is 0 Å². The summed E-state index contributed by atoms with van der Waals surface area (Å²) in [5.74, 6) is -0.0959. The van der Waals surface area contributed by atoms with Crippen LogP contribution >= 0.6 is 23.2 Å². The number of hydrogen-bond donors (Lipinski definition) is 2. The van der Waals surface area contributed by atoms with E-state index < -0.39 is 0 Å². The first-order valence-electron chi connectivity index (χ1n) is 7.06. The molecule has 0 bridgehead atoms. The zero-order valence-corrected chi connectivity index (χ0v) is 13.8. The molecule has 2 rings (SSSR count). The van der Waals surface area contributed by atoms with Gasteiger partial charge in [-0.1, -0.05) is 47.5 Å². The number of hydrogen-bond acceptors (Lipinski definition) is 2. The second kappa shape index (κ2) is 8.18. The molecule has 1 amide bonds. The minimum Gasteiger partial charge on any atom is -0.325 e. The normalized spacial score (nSPS) is 10.5. The predicted molar refractivity (Wildman–Crippen MR) is 92.6 cm³/mol. The lowest BCUT2D eigenvalue weighted by atomic mass is 10.1. The average molecular weight is 337 g/mol. The number of benzene rings is 2. The number of rotatable bonds is 6. The van der Waals surface area contributed by atoms with Crippen molar-refractivity contribution in [1.82, 2.24) is 5.32 Å². The van der Waals surface area contributed by atoms with E-state index in [2.05, 4.69) is 29.7 Å². The highest BCUT2D eigenvalue weighted by atomic mass is 35.5. The van der Waals surface area contributed by atoms with Crippen LogP contribution < -0.4 is 10.6 Å². The summed E-state index contributed by atoms with van der Waals surface area (Å²) in [5, 5.41) is 7.05. The highest BCUT2D eigenvalue weighted by Gasteiger charge is 2.06. The van der Waals surface area contributed by atoms with Crippen LogP contribution in [0.4, 0.5) is 5.69 Å². The standard InChI is InChI=1S/C17H18Cl2N2O/c1-12-4-2-3-5-13(12)11-20-9-8-17(22)21-16-10-14(18)6-7-15(16)19/h2-7,10,20H,8-9,11H2,1H3,(H,21,22). The van der Waals surface area contributed by atoms with Gasteiger partial charge >= 0.3 is 0 Å². The van der Waals surface area contributed by atoms with E-state index in [1.165, 1.54) is 11.1 Å². The summed E-state index contributed by atoms with van der Waals surface area (Å²) in [6.07, 6.45) is 0.370. The lowest BCUT2D eigenvalue weighted by Gasteiger charge is -2.09. The van der Waals surface area contributed by atoms with Crippen molar-refractivity contribution in [3.05, 3.63) is 63.6 Å². The Morgan fingerprint density at radius 1 is 1.14 bits per heavy atom. The van der Waals surface area contributed by atoms with Gasteiger partial charge in [-0.3, -0.25) is 4.79 Å². The van der Waals surface area contributed by atoms with Gasteiger partial charge in [0.25, 0.3) is 0 Å². The molecule has 0 aromatic heterocycles. The Balaban J connectivity index is 1.76. The molecule has 0 saturated heterocycles. The summed E-state index contributed by atoms with van der Waals surface area (Å²) in [7, 11) is 0. The van der Waals surface area contributed by atoms with Crippen LogP contribution in [0.3, 0.4) is 0 Å². The van der Waals surface area contributed by atoms with Crippen LogP contribution in [0.1, 0.15) is 17.5 Å². The van der Waals surface area contributed by atoms with E-state index in [1.807, 2.05) is 12.1 Å². The lowest BCUT2D eigenvalue weighted by molar-refractivity contribution is -0.116. The molecular weight excluding hydrogens is 319 g/mol. The predicted octanol–water partition coefficient (Wildman–Crippen LogP) is 4.42. The Morgan fingerprint density at radius 3 is 2.68 bits per heavy atom. The van der Waals surface area contributed by atoms with E-state index in [-0.39, 0.29) is 5.91 Å². The Hall–Kier alpha value is -1.55. The van der Waals surface area contributed by atoms with Crippen LogP contribution in [0.15, 0.2) is 42.5 Å². The summed E-state index contributed by atoms with van der Waals surface area (Å²) >= 11 is 11.9. The largest absolute Gasteiger partial charge is 0.325 e. The molecule has 0 unspecified atom stereocenters. The van der Waals surface area contributed by atoms with Crippen molar-refractivity contribution < 1.29 is 4.79 Å². The SMILES string of the molecule is Cc1ccccc1CNCCC(=O)Nc1cc(Cl)ccc1Cl. The van der Waals surface area contributed by atoms with Gasteiger partial charge in [0, 0.05) is 24.5 Å². The highest BCUT2D eigenvalue weighted by Crippen LogP contribution is 2.25. The van der Waals surface area contributed by atoms with Crippen molar-refractivity contribution in [3.63, 3.8) is 0 Å². The monoisotopic (exact) mass is 336 g/mol. The van der Waals surface area contributed by atoms with Gasteiger partial charge in [0.05, 0.1) is 10.7 Å². The molecule has 0 aliphatic rings. The van der Waals surface area contributed by atoms with E-state index in [1.54, 1.807) is 18.2 Å². The molecule has 2 N–H and O–H groups in total. The number of amides is 1. The molecule has 0 aliphatic carbocycles.